The number of halogens is 1. The summed E-state index contributed by atoms with van der Waals surface area (Å²) in [6.07, 6.45) is 4.95. The van der Waals surface area contributed by atoms with E-state index >= 15 is 0 Å². The first-order valence-electron chi connectivity index (χ1n) is 9.82. The fourth-order valence-electron chi connectivity index (χ4n) is 3.61. The second-order valence-electron chi connectivity index (χ2n) is 7.20. The minimum Gasteiger partial charge on any atom is -0.495 e. The molecule has 0 bridgehead atoms. The second-order valence-corrected chi connectivity index (χ2v) is 7.61. The van der Waals surface area contributed by atoms with Gasteiger partial charge in [0, 0.05) is 44.5 Å². The molecule has 29 heavy (non-hydrogen) atoms. The number of urea groups is 1. The van der Waals surface area contributed by atoms with Gasteiger partial charge in [0.1, 0.15) is 17.4 Å². The van der Waals surface area contributed by atoms with E-state index in [1.54, 1.807) is 30.2 Å². The number of fused-ring (bicyclic) bond motifs is 1. The van der Waals surface area contributed by atoms with Crippen molar-refractivity contribution in [3.63, 3.8) is 0 Å². The molecule has 0 radical (unpaired) electrons. The lowest BCUT2D eigenvalue weighted by molar-refractivity contribution is 0.167. The predicted octanol–water partition coefficient (Wildman–Crippen LogP) is 2.87. The van der Waals surface area contributed by atoms with E-state index in [9.17, 15) is 4.79 Å². The maximum atomic E-state index is 12.6. The summed E-state index contributed by atoms with van der Waals surface area (Å²) < 4.78 is 5.14. The van der Waals surface area contributed by atoms with E-state index in [2.05, 4.69) is 27.0 Å². The van der Waals surface area contributed by atoms with Crippen LogP contribution in [0.15, 0.2) is 40.1 Å². The van der Waals surface area contributed by atoms with Crippen LogP contribution in [0.5, 0.6) is 5.75 Å². The van der Waals surface area contributed by atoms with Crippen molar-refractivity contribution in [2.24, 2.45) is 9.98 Å². The number of carbonyl (C=O) groups is 1. The third-order valence-corrected chi connectivity index (χ3v) is 5.66. The van der Waals surface area contributed by atoms with Gasteiger partial charge in [-0.25, -0.2) is 9.79 Å². The Morgan fingerprint density at radius 2 is 2.10 bits per heavy atom. The predicted molar refractivity (Wildman–Crippen MR) is 115 cm³/mol. The molecule has 2 amide bonds. The van der Waals surface area contributed by atoms with Gasteiger partial charge in [-0.3, -0.25) is 4.99 Å². The number of hydrogen-bond acceptors (Lipinski definition) is 6. The van der Waals surface area contributed by atoms with Gasteiger partial charge in [0.15, 0.2) is 0 Å². The van der Waals surface area contributed by atoms with Gasteiger partial charge >= 0.3 is 6.03 Å². The number of carbonyl (C=O) groups excluding carboxylic acids is 1. The zero-order chi connectivity index (χ0) is 20.4. The van der Waals surface area contributed by atoms with Crippen molar-refractivity contribution in [2.75, 3.05) is 45.2 Å². The smallest absolute Gasteiger partial charge is 0.321 e. The van der Waals surface area contributed by atoms with E-state index < -0.39 is 0 Å². The van der Waals surface area contributed by atoms with Gasteiger partial charge in [0.25, 0.3) is 0 Å². The molecule has 0 aromatic heterocycles. The van der Waals surface area contributed by atoms with Crippen LogP contribution < -0.4 is 10.1 Å². The quantitative estimate of drug-likeness (QED) is 0.819. The van der Waals surface area contributed by atoms with Crippen LogP contribution in [-0.2, 0) is 0 Å². The van der Waals surface area contributed by atoms with Gasteiger partial charge in [0.2, 0.25) is 0 Å². The molecule has 0 aliphatic carbocycles. The van der Waals surface area contributed by atoms with Crippen LogP contribution >= 0.6 is 11.6 Å². The Hall–Kier alpha value is -2.74. The molecule has 0 saturated carbocycles. The van der Waals surface area contributed by atoms with Gasteiger partial charge in [-0.1, -0.05) is 18.5 Å². The number of hydrogen-bond donors (Lipinski definition) is 1. The zero-order valence-electron chi connectivity index (χ0n) is 16.6. The molecule has 4 rings (SSSR count). The molecule has 3 aliphatic heterocycles. The van der Waals surface area contributed by atoms with Crippen molar-refractivity contribution < 1.29 is 9.53 Å². The van der Waals surface area contributed by atoms with Crippen molar-refractivity contribution >= 4 is 35.5 Å². The van der Waals surface area contributed by atoms with Crippen molar-refractivity contribution in [3.8, 4) is 5.75 Å². The normalized spacial score (nSPS) is 20.9. The van der Waals surface area contributed by atoms with Crippen LogP contribution in [0.25, 0.3) is 0 Å². The van der Waals surface area contributed by atoms with Crippen LogP contribution in [-0.4, -0.2) is 78.8 Å². The Kier molecular flexibility index (Phi) is 5.62. The summed E-state index contributed by atoms with van der Waals surface area (Å²) in [5.41, 5.74) is 0.646. The van der Waals surface area contributed by atoms with Gasteiger partial charge < -0.3 is 24.8 Å². The summed E-state index contributed by atoms with van der Waals surface area (Å²) in [5, 5.41) is 3.36. The molecule has 1 N–H and O–H groups in total. The highest BCUT2D eigenvalue weighted by atomic mass is 35.5. The number of methoxy groups -OCH3 is 1. The number of amidine groups is 1. The summed E-state index contributed by atoms with van der Waals surface area (Å²) >= 11 is 6.13. The van der Waals surface area contributed by atoms with E-state index in [1.807, 2.05) is 12.4 Å². The third kappa shape index (κ3) is 4.17. The number of nitrogens with one attached hydrogen (secondary N) is 1. The van der Waals surface area contributed by atoms with Crippen molar-refractivity contribution in [3.05, 3.63) is 35.1 Å². The SMILES string of the molecule is CC[C@@H]1CN2C=NC(N3CCN(C(=O)Nc4ccc(OC)c(Cl)c4)CC3)=CC2=N1. The molecule has 1 fully saturated rings. The lowest BCUT2D eigenvalue weighted by Crippen LogP contribution is -2.49. The van der Waals surface area contributed by atoms with E-state index in [0.29, 0.717) is 35.6 Å². The number of amides is 2. The molecular formula is C20H25ClN6O2. The molecule has 9 heteroatoms. The van der Waals surface area contributed by atoms with Crippen LogP contribution in [0, 0.1) is 0 Å². The lowest BCUT2D eigenvalue weighted by Gasteiger charge is -2.36. The van der Waals surface area contributed by atoms with Gasteiger partial charge in [-0.15, -0.1) is 0 Å². The summed E-state index contributed by atoms with van der Waals surface area (Å²) in [5.74, 6) is 2.48. The van der Waals surface area contributed by atoms with Crippen molar-refractivity contribution in [2.45, 2.75) is 19.4 Å². The highest BCUT2D eigenvalue weighted by molar-refractivity contribution is 6.32. The van der Waals surface area contributed by atoms with E-state index in [-0.39, 0.29) is 6.03 Å². The topological polar surface area (TPSA) is 72.8 Å². The minimum absolute atomic E-state index is 0.135. The number of ether oxygens (including phenoxy) is 1. The standard InChI is InChI=1S/C20H25ClN6O2/c1-3-14-12-27-13-22-18(11-19(27)23-14)25-6-8-26(9-7-25)20(28)24-15-4-5-17(29-2)16(21)10-15/h4-5,10-11,13-14H,3,6-9,12H2,1-2H3,(H,24,28)/t14-/m1/s1. The van der Waals surface area contributed by atoms with Crippen molar-refractivity contribution in [1.29, 1.82) is 0 Å². The first-order chi connectivity index (χ1) is 14.1. The first-order valence-corrected chi connectivity index (χ1v) is 10.2. The third-order valence-electron chi connectivity index (χ3n) is 5.37. The molecule has 1 aromatic carbocycles. The minimum atomic E-state index is -0.135. The molecular weight excluding hydrogens is 392 g/mol. The highest BCUT2D eigenvalue weighted by Crippen LogP contribution is 2.27. The number of rotatable bonds is 4. The molecule has 8 nitrogen and oxygen atoms in total. The van der Waals surface area contributed by atoms with Gasteiger partial charge in [-0.05, 0) is 24.6 Å². The zero-order valence-corrected chi connectivity index (χ0v) is 17.4. The summed E-state index contributed by atoms with van der Waals surface area (Å²) in [6.45, 7) is 5.75. The fraction of sp³-hybridized carbons (Fsp3) is 0.450. The average molecular weight is 417 g/mol. The molecule has 1 aromatic rings. The van der Waals surface area contributed by atoms with E-state index in [1.165, 1.54) is 0 Å². The van der Waals surface area contributed by atoms with E-state index in [4.69, 9.17) is 21.3 Å². The fourth-order valence-corrected chi connectivity index (χ4v) is 3.87. The Bertz CT molecular complexity index is 876. The molecule has 0 spiro atoms. The van der Waals surface area contributed by atoms with Crippen LogP contribution in [0.1, 0.15) is 13.3 Å². The van der Waals surface area contributed by atoms with Crippen LogP contribution in [0.3, 0.4) is 0 Å². The molecule has 154 valence electrons. The Balaban J connectivity index is 1.33. The Morgan fingerprint density at radius 1 is 1.31 bits per heavy atom. The Labute approximate surface area is 175 Å². The largest absolute Gasteiger partial charge is 0.495 e. The number of anilines is 1. The highest BCUT2D eigenvalue weighted by Gasteiger charge is 2.28. The number of aliphatic imine (C=N–C) groups is 2. The summed E-state index contributed by atoms with van der Waals surface area (Å²) in [4.78, 5) is 28.0. The number of piperazine rings is 1. The summed E-state index contributed by atoms with van der Waals surface area (Å²) in [7, 11) is 1.56. The number of benzene rings is 1. The van der Waals surface area contributed by atoms with E-state index in [0.717, 1.165) is 37.7 Å². The van der Waals surface area contributed by atoms with Crippen molar-refractivity contribution in [1.82, 2.24) is 14.7 Å². The molecule has 1 saturated heterocycles. The Morgan fingerprint density at radius 3 is 2.79 bits per heavy atom. The lowest BCUT2D eigenvalue weighted by atomic mass is 10.2. The molecule has 3 aliphatic rings. The molecule has 3 heterocycles. The number of nitrogens with zero attached hydrogens (tertiary/aromatic N) is 5. The van der Waals surface area contributed by atoms with Gasteiger partial charge in [-0.2, -0.15) is 0 Å². The summed E-state index contributed by atoms with van der Waals surface area (Å²) in [6, 6.07) is 5.41. The monoisotopic (exact) mass is 416 g/mol. The average Bonchev–Trinajstić information content (AvgIpc) is 3.16. The second kappa shape index (κ2) is 8.32. The van der Waals surface area contributed by atoms with Gasteiger partial charge in [0.05, 0.1) is 24.5 Å². The first kappa shape index (κ1) is 19.6. The molecule has 0 unspecified atom stereocenters. The van der Waals surface area contributed by atoms with Crippen LogP contribution in [0.4, 0.5) is 10.5 Å². The van der Waals surface area contributed by atoms with Crippen LogP contribution in [0.2, 0.25) is 5.02 Å². The molecule has 1 atom stereocenters. The maximum Gasteiger partial charge on any atom is 0.321 e. The maximum absolute atomic E-state index is 12.6.